The lowest BCUT2D eigenvalue weighted by molar-refractivity contribution is -0.183. The predicted octanol–water partition coefficient (Wildman–Crippen LogP) is 2.22. The third-order valence-electron chi connectivity index (χ3n) is 1.45. The number of rotatable bonds is 3. The van der Waals surface area contributed by atoms with E-state index in [0.29, 0.717) is 6.61 Å². The molecule has 0 N–H and O–H groups in total. The van der Waals surface area contributed by atoms with Crippen LogP contribution in [0.15, 0.2) is 12.2 Å². The van der Waals surface area contributed by atoms with Crippen LogP contribution in [0.5, 0.6) is 0 Å². The highest BCUT2D eigenvalue weighted by Crippen LogP contribution is 2.10. The maximum absolute atomic E-state index is 5.40. The second-order valence-electron chi connectivity index (χ2n) is 3.90. The van der Waals surface area contributed by atoms with Crippen molar-refractivity contribution in [2.45, 2.75) is 33.2 Å². The van der Waals surface area contributed by atoms with Gasteiger partial charge >= 0.3 is 0 Å². The van der Waals surface area contributed by atoms with Crippen LogP contribution in [0.1, 0.15) is 27.7 Å². The van der Waals surface area contributed by atoms with E-state index in [2.05, 4.69) is 27.4 Å². The zero-order chi connectivity index (χ0) is 9.07. The first kappa shape index (κ1) is 10.7. The molecule has 0 aromatic carbocycles. The molecular formula is C9H19NO. The minimum Gasteiger partial charge on any atom is -0.294 e. The lowest BCUT2D eigenvalue weighted by atomic mass is 10.1. The summed E-state index contributed by atoms with van der Waals surface area (Å²) in [6.07, 6.45) is 0. The van der Waals surface area contributed by atoms with E-state index in [4.69, 9.17) is 4.84 Å². The van der Waals surface area contributed by atoms with E-state index in [0.717, 1.165) is 5.57 Å². The largest absolute Gasteiger partial charge is 0.294 e. The van der Waals surface area contributed by atoms with E-state index < -0.39 is 0 Å². The molecule has 0 fully saturated rings. The molecule has 0 saturated carbocycles. The van der Waals surface area contributed by atoms with Crippen molar-refractivity contribution in [3.05, 3.63) is 12.2 Å². The molecule has 0 unspecified atom stereocenters. The Kier molecular flexibility index (Phi) is 3.76. The first-order valence-corrected chi connectivity index (χ1v) is 3.85. The zero-order valence-corrected chi connectivity index (χ0v) is 8.27. The highest BCUT2D eigenvalue weighted by molar-refractivity contribution is 4.87. The molecule has 0 aliphatic carbocycles. The Morgan fingerprint density at radius 1 is 1.45 bits per heavy atom. The van der Waals surface area contributed by atoms with Crippen molar-refractivity contribution in [3.8, 4) is 0 Å². The Bertz CT molecular complexity index is 135. The molecule has 2 nitrogen and oxygen atoms in total. The van der Waals surface area contributed by atoms with Crippen LogP contribution in [-0.2, 0) is 4.84 Å². The van der Waals surface area contributed by atoms with Crippen LogP contribution in [0, 0.1) is 0 Å². The number of hydrogen-bond donors (Lipinski definition) is 0. The topological polar surface area (TPSA) is 12.5 Å². The van der Waals surface area contributed by atoms with Crippen molar-refractivity contribution < 1.29 is 4.84 Å². The molecule has 66 valence electrons. The Morgan fingerprint density at radius 3 is 2.18 bits per heavy atom. The molecule has 0 amide bonds. The van der Waals surface area contributed by atoms with Crippen LogP contribution in [-0.4, -0.2) is 24.3 Å². The van der Waals surface area contributed by atoms with E-state index in [9.17, 15) is 0 Å². The van der Waals surface area contributed by atoms with Crippen LogP contribution < -0.4 is 0 Å². The van der Waals surface area contributed by atoms with Crippen molar-refractivity contribution in [1.29, 1.82) is 0 Å². The molecule has 0 rings (SSSR count). The van der Waals surface area contributed by atoms with Crippen LogP contribution in [0.4, 0.5) is 0 Å². The Hall–Kier alpha value is -0.340. The van der Waals surface area contributed by atoms with Gasteiger partial charge in [-0.25, -0.2) is 0 Å². The van der Waals surface area contributed by atoms with Crippen molar-refractivity contribution in [1.82, 2.24) is 5.06 Å². The summed E-state index contributed by atoms with van der Waals surface area (Å²) in [5.74, 6) is 0. The highest BCUT2D eigenvalue weighted by atomic mass is 16.7. The minimum atomic E-state index is 0.0649. The van der Waals surface area contributed by atoms with E-state index in [1.54, 1.807) is 0 Å². The third-order valence-corrected chi connectivity index (χ3v) is 1.45. The monoisotopic (exact) mass is 157 g/mol. The van der Waals surface area contributed by atoms with Gasteiger partial charge in [-0.05, 0) is 27.7 Å². The molecular weight excluding hydrogens is 138 g/mol. The minimum absolute atomic E-state index is 0.0649. The van der Waals surface area contributed by atoms with Gasteiger partial charge in [0.25, 0.3) is 0 Å². The molecule has 2 heteroatoms. The molecule has 0 saturated heterocycles. The van der Waals surface area contributed by atoms with Crippen LogP contribution in [0.3, 0.4) is 0 Å². The lowest BCUT2D eigenvalue weighted by Crippen LogP contribution is -2.38. The average molecular weight is 157 g/mol. The molecule has 0 aromatic rings. The molecule has 0 atom stereocenters. The first-order valence-electron chi connectivity index (χ1n) is 3.85. The van der Waals surface area contributed by atoms with Gasteiger partial charge in [-0.2, -0.15) is 5.06 Å². The normalized spacial score (nSPS) is 12.2. The molecule has 0 aliphatic heterocycles. The fourth-order valence-corrected chi connectivity index (χ4v) is 0.401. The van der Waals surface area contributed by atoms with Crippen molar-refractivity contribution in [3.63, 3.8) is 0 Å². The Labute approximate surface area is 69.8 Å². The standard InChI is InChI=1S/C9H19NO/c1-8(2)7-11-10(6)9(3,4)5/h1,7H2,2-6H3. The fourth-order valence-electron chi connectivity index (χ4n) is 0.401. The van der Waals surface area contributed by atoms with Gasteiger partial charge < -0.3 is 0 Å². The molecule has 0 bridgehead atoms. The molecule has 11 heavy (non-hydrogen) atoms. The summed E-state index contributed by atoms with van der Waals surface area (Å²) in [7, 11) is 1.93. The van der Waals surface area contributed by atoms with E-state index in [1.165, 1.54) is 0 Å². The fraction of sp³-hybridized carbons (Fsp3) is 0.778. The third kappa shape index (κ3) is 4.99. The van der Waals surface area contributed by atoms with Gasteiger partial charge in [0.1, 0.15) is 0 Å². The summed E-state index contributed by atoms with van der Waals surface area (Å²) >= 11 is 0. The van der Waals surface area contributed by atoms with Gasteiger partial charge in [-0.1, -0.05) is 12.2 Å². The molecule has 0 radical (unpaired) electrons. The van der Waals surface area contributed by atoms with E-state index in [-0.39, 0.29) is 5.54 Å². The molecule has 0 aliphatic rings. The Balaban J connectivity index is 3.70. The average Bonchev–Trinajstić information content (AvgIpc) is 1.80. The number of nitrogens with zero attached hydrogens (tertiary/aromatic N) is 1. The van der Waals surface area contributed by atoms with Crippen molar-refractivity contribution in [2.75, 3.05) is 13.7 Å². The number of hydrogen-bond acceptors (Lipinski definition) is 2. The smallest absolute Gasteiger partial charge is 0.0890 e. The second-order valence-corrected chi connectivity index (χ2v) is 3.90. The van der Waals surface area contributed by atoms with Gasteiger partial charge in [0.05, 0.1) is 6.61 Å². The summed E-state index contributed by atoms with van der Waals surface area (Å²) in [5, 5.41) is 1.85. The summed E-state index contributed by atoms with van der Waals surface area (Å²) in [4.78, 5) is 5.40. The summed E-state index contributed by atoms with van der Waals surface area (Å²) in [6.45, 7) is 12.6. The van der Waals surface area contributed by atoms with Crippen molar-refractivity contribution in [2.24, 2.45) is 0 Å². The van der Waals surface area contributed by atoms with E-state index in [1.807, 2.05) is 19.0 Å². The highest BCUT2D eigenvalue weighted by Gasteiger charge is 2.17. The molecule has 0 spiro atoms. The van der Waals surface area contributed by atoms with Crippen LogP contribution in [0.2, 0.25) is 0 Å². The predicted molar refractivity (Wildman–Crippen MR) is 48.3 cm³/mol. The van der Waals surface area contributed by atoms with Gasteiger partial charge in [-0.15, -0.1) is 0 Å². The molecule has 0 aromatic heterocycles. The van der Waals surface area contributed by atoms with Gasteiger partial charge in [0.2, 0.25) is 0 Å². The summed E-state index contributed by atoms with van der Waals surface area (Å²) in [5.41, 5.74) is 1.11. The number of hydroxylamine groups is 2. The Morgan fingerprint density at radius 2 is 1.91 bits per heavy atom. The SMILES string of the molecule is C=C(C)CON(C)C(C)(C)C. The quantitative estimate of drug-likeness (QED) is 0.460. The maximum atomic E-state index is 5.40. The van der Waals surface area contributed by atoms with E-state index >= 15 is 0 Å². The summed E-state index contributed by atoms with van der Waals surface area (Å²) < 4.78 is 0. The summed E-state index contributed by atoms with van der Waals surface area (Å²) in [6, 6.07) is 0. The zero-order valence-electron chi connectivity index (χ0n) is 8.27. The maximum Gasteiger partial charge on any atom is 0.0890 e. The van der Waals surface area contributed by atoms with Crippen LogP contribution in [0.25, 0.3) is 0 Å². The van der Waals surface area contributed by atoms with Crippen molar-refractivity contribution >= 4 is 0 Å². The van der Waals surface area contributed by atoms with Gasteiger partial charge in [0.15, 0.2) is 0 Å². The second kappa shape index (κ2) is 3.88. The van der Waals surface area contributed by atoms with Gasteiger partial charge in [0, 0.05) is 12.6 Å². The lowest BCUT2D eigenvalue weighted by Gasteiger charge is -2.30. The van der Waals surface area contributed by atoms with Gasteiger partial charge in [-0.3, -0.25) is 4.84 Å². The molecule has 0 heterocycles. The first-order chi connectivity index (χ1) is 4.84. The van der Waals surface area contributed by atoms with Crippen LogP contribution >= 0.6 is 0 Å².